The molecule has 2 aromatic rings. The molecule has 4 nitrogen and oxygen atoms in total. The van der Waals surface area contributed by atoms with Crippen LogP contribution in [0.3, 0.4) is 0 Å². The molecule has 2 aliphatic heterocycles. The van der Waals surface area contributed by atoms with Crippen molar-refractivity contribution in [1.82, 2.24) is 4.90 Å². The smallest absolute Gasteiger partial charge is 0.227 e. The van der Waals surface area contributed by atoms with E-state index in [1.165, 1.54) is 6.07 Å². The van der Waals surface area contributed by atoms with Gasteiger partial charge in [-0.05, 0) is 48.9 Å². The normalized spacial score (nSPS) is 23.9. The van der Waals surface area contributed by atoms with Gasteiger partial charge in [0.25, 0.3) is 0 Å². The van der Waals surface area contributed by atoms with Crippen LogP contribution in [-0.2, 0) is 17.9 Å². The molecule has 4 rings (SSSR count). The zero-order valence-corrected chi connectivity index (χ0v) is 14.8. The Kier molecular flexibility index (Phi) is 5.03. The van der Waals surface area contributed by atoms with E-state index in [9.17, 15) is 9.50 Å². The van der Waals surface area contributed by atoms with Crippen LogP contribution in [0.15, 0.2) is 29.0 Å². The lowest BCUT2D eigenvalue weighted by atomic mass is 9.98. The minimum Gasteiger partial charge on any atom is -0.460 e. The number of hydrogen-bond acceptors (Lipinski definition) is 5. The first-order chi connectivity index (χ1) is 12.2. The van der Waals surface area contributed by atoms with Gasteiger partial charge in [0.2, 0.25) is 6.29 Å². The molecule has 0 amide bonds. The number of rotatable bonds is 4. The number of nitrogens with zero attached hydrogens (tertiary/aromatic N) is 1. The van der Waals surface area contributed by atoms with Crippen LogP contribution in [0.25, 0.3) is 0 Å². The Hall–Kier alpha value is -1.47. The predicted molar refractivity (Wildman–Crippen MR) is 94.0 cm³/mol. The van der Waals surface area contributed by atoms with E-state index in [0.29, 0.717) is 19.1 Å². The van der Waals surface area contributed by atoms with Crippen molar-refractivity contribution in [2.75, 3.05) is 19.7 Å². The second-order valence-corrected chi connectivity index (χ2v) is 7.58. The number of ether oxygens (including phenoxy) is 2. The molecule has 0 spiro atoms. The lowest BCUT2D eigenvalue weighted by Crippen LogP contribution is -2.36. The van der Waals surface area contributed by atoms with Crippen molar-refractivity contribution in [3.05, 3.63) is 51.5 Å². The Bertz CT molecular complexity index is 722. The van der Waals surface area contributed by atoms with Crippen molar-refractivity contribution in [2.24, 2.45) is 5.92 Å². The summed E-state index contributed by atoms with van der Waals surface area (Å²) >= 11 is 1.60. The van der Waals surface area contributed by atoms with Crippen LogP contribution < -0.4 is 4.74 Å². The van der Waals surface area contributed by atoms with E-state index >= 15 is 0 Å². The molecule has 1 aromatic heterocycles. The van der Waals surface area contributed by atoms with E-state index in [1.807, 2.05) is 16.8 Å². The summed E-state index contributed by atoms with van der Waals surface area (Å²) in [6, 6.07) is 5.05. The van der Waals surface area contributed by atoms with Gasteiger partial charge >= 0.3 is 0 Å². The monoisotopic (exact) mass is 363 g/mol. The summed E-state index contributed by atoms with van der Waals surface area (Å²) in [4.78, 5) is 2.28. The van der Waals surface area contributed by atoms with Gasteiger partial charge < -0.3 is 14.6 Å². The van der Waals surface area contributed by atoms with Gasteiger partial charge in [-0.3, -0.25) is 4.90 Å². The number of aliphatic hydroxyl groups excluding tert-OH is 1. The molecular formula is C19H22FNO3S. The zero-order valence-electron chi connectivity index (χ0n) is 14.0. The number of aliphatic hydroxyl groups is 1. The molecule has 1 aromatic carbocycles. The SMILES string of the molecule is OC[C@@H]1CCCN(Cc2cc(F)cc3c2O[C@@H](c2ccsc2)OC3)C1. The first kappa shape index (κ1) is 17.0. The van der Waals surface area contributed by atoms with Crippen LogP contribution in [0.1, 0.15) is 35.8 Å². The molecule has 1 fully saturated rings. The van der Waals surface area contributed by atoms with Crippen molar-refractivity contribution in [2.45, 2.75) is 32.3 Å². The first-order valence-electron chi connectivity index (χ1n) is 8.68. The summed E-state index contributed by atoms with van der Waals surface area (Å²) in [6.07, 6.45) is 1.68. The number of piperidine rings is 1. The fraction of sp³-hybridized carbons (Fsp3) is 0.474. The van der Waals surface area contributed by atoms with Crippen LogP contribution in [0, 0.1) is 11.7 Å². The zero-order chi connectivity index (χ0) is 17.2. The number of halogens is 1. The molecule has 2 atom stereocenters. The highest BCUT2D eigenvalue weighted by Crippen LogP contribution is 2.37. The minimum atomic E-state index is -0.436. The summed E-state index contributed by atoms with van der Waals surface area (Å²) < 4.78 is 25.9. The second-order valence-electron chi connectivity index (χ2n) is 6.80. The van der Waals surface area contributed by atoms with Crippen molar-refractivity contribution in [3.63, 3.8) is 0 Å². The highest BCUT2D eigenvalue weighted by atomic mass is 32.1. The molecule has 0 saturated carbocycles. The van der Waals surface area contributed by atoms with Gasteiger partial charge in [-0.15, -0.1) is 0 Å². The van der Waals surface area contributed by atoms with E-state index < -0.39 is 6.29 Å². The average molecular weight is 363 g/mol. The maximum atomic E-state index is 14.1. The number of fused-ring (bicyclic) bond motifs is 1. The summed E-state index contributed by atoms with van der Waals surface area (Å²) in [5.74, 6) is 0.793. The molecule has 1 N–H and O–H groups in total. The van der Waals surface area contributed by atoms with Gasteiger partial charge in [0.15, 0.2) is 0 Å². The maximum Gasteiger partial charge on any atom is 0.227 e. The fourth-order valence-electron chi connectivity index (χ4n) is 3.65. The van der Waals surface area contributed by atoms with Crippen LogP contribution in [0.2, 0.25) is 0 Å². The largest absolute Gasteiger partial charge is 0.460 e. The molecule has 1 saturated heterocycles. The van der Waals surface area contributed by atoms with Gasteiger partial charge in [0.05, 0.1) is 6.61 Å². The number of thiophene rings is 1. The highest BCUT2D eigenvalue weighted by molar-refractivity contribution is 7.07. The quantitative estimate of drug-likeness (QED) is 0.899. The highest BCUT2D eigenvalue weighted by Gasteiger charge is 2.27. The lowest BCUT2D eigenvalue weighted by Gasteiger charge is -2.33. The molecule has 2 aliphatic rings. The van der Waals surface area contributed by atoms with Gasteiger partial charge in [-0.2, -0.15) is 11.3 Å². The molecule has 0 radical (unpaired) electrons. The first-order valence-corrected chi connectivity index (χ1v) is 9.62. The minimum absolute atomic E-state index is 0.211. The molecule has 0 aliphatic carbocycles. The van der Waals surface area contributed by atoms with Crippen molar-refractivity contribution in [3.8, 4) is 5.75 Å². The molecule has 0 unspecified atom stereocenters. The van der Waals surface area contributed by atoms with Crippen molar-refractivity contribution >= 4 is 11.3 Å². The summed E-state index contributed by atoms with van der Waals surface area (Å²) in [6.45, 7) is 2.99. The predicted octanol–water partition coefficient (Wildman–Crippen LogP) is 3.70. The number of benzene rings is 1. The molecule has 3 heterocycles. The van der Waals surface area contributed by atoms with E-state index in [-0.39, 0.29) is 12.4 Å². The molecular weight excluding hydrogens is 341 g/mol. The second kappa shape index (κ2) is 7.41. The van der Waals surface area contributed by atoms with Crippen LogP contribution >= 0.6 is 11.3 Å². The average Bonchev–Trinajstić information content (AvgIpc) is 3.16. The summed E-state index contributed by atoms with van der Waals surface area (Å²) in [5, 5.41) is 13.4. The third-order valence-corrected chi connectivity index (χ3v) is 5.59. The standard InChI is InChI=1S/C19H22FNO3S/c20-17-6-15(9-21-4-1-2-13(8-21)10-22)18-16(7-17)11-23-19(24-18)14-3-5-25-12-14/h3,5-7,12-13,19,22H,1-2,4,8-11H2/t13-,19+/m1/s1. The molecule has 134 valence electrons. The third-order valence-electron chi connectivity index (χ3n) is 4.89. The van der Waals surface area contributed by atoms with E-state index in [2.05, 4.69) is 4.90 Å². The van der Waals surface area contributed by atoms with E-state index in [4.69, 9.17) is 9.47 Å². The Morgan fingerprint density at radius 2 is 2.28 bits per heavy atom. The van der Waals surface area contributed by atoms with Gasteiger partial charge in [-0.1, -0.05) is 0 Å². The molecule has 25 heavy (non-hydrogen) atoms. The van der Waals surface area contributed by atoms with E-state index in [0.717, 1.165) is 48.4 Å². The van der Waals surface area contributed by atoms with E-state index in [1.54, 1.807) is 17.4 Å². The van der Waals surface area contributed by atoms with Gasteiger partial charge in [0, 0.05) is 41.8 Å². The molecule has 6 heteroatoms. The third kappa shape index (κ3) is 3.72. The van der Waals surface area contributed by atoms with Gasteiger partial charge in [0.1, 0.15) is 11.6 Å². The van der Waals surface area contributed by atoms with Gasteiger partial charge in [-0.25, -0.2) is 4.39 Å². The Morgan fingerprint density at radius 1 is 1.36 bits per heavy atom. The topological polar surface area (TPSA) is 41.9 Å². The number of hydrogen-bond donors (Lipinski definition) is 1. The summed E-state index contributed by atoms with van der Waals surface area (Å²) in [5.41, 5.74) is 2.61. The van der Waals surface area contributed by atoms with Crippen molar-refractivity contribution < 1.29 is 19.0 Å². The Labute approximate surface area is 150 Å². The Balaban J connectivity index is 1.57. The summed E-state index contributed by atoms with van der Waals surface area (Å²) in [7, 11) is 0. The van der Waals surface area contributed by atoms with Crippen LogP contribution in [-0.4, -0.2) is 29.7 Å². The number of likely N-dealkylation sites (tertiary alicyclic amines) is 1. The van der Waals surface area contributed by atoms with Crippen molar-refractivity contribution in [1.29, 1.82) is 0 Å². The van der Waals surface area contributed by atoms with Crippen LogP contribution in [0.5, 0.6) is 5.75 Å². The molecule has 0 bridgehead atoms. The van der Waals surface area contributed by atoms with Crippen LogP contribution in [0.4, 0.5) is 4.39 Å². The fourth-order valence-corrected chi connectivity index (χ4v) is 4.31. The Morgan fingerprint density at radius 3 is 3.08 bits per heavy atom. The maximum absolute atomic E-state index is 14.1. The lowest BCUT2D eigenvalue weighted by molar-refractivity contribution is -0.112.